The Morgan fingerprint density at radius 2 is 2.10 bits per heavy atom. The SMILES string of the molecule is CCCn1cnc2c(NC3CCCCC3)nc(Cl)nc21. The molecule has 108 valence electrons. The Labute approximate surface area is 123 Å². The van der Waals surface area contributed by atoms with E-state index in [9.17, 15) is 0 Å². The first-order valence-corrected chi connectivity index (χ1v) is 7.80. The van der Waals surface area contributed by atoms with Crippen molar-refractivity contribution in [2.45, 2.75) is 58.0 Å². The molecular weight excluding hydrogens is 274 g/mol. The van der Waals surface area contributed by atoms with Gasteiger partial charge in [-0.2, -0.15) is 9.97 Å². The number of aryl methyl sites for hydroxylation is 1. The van der Waals surface area contributed by atoms with Gasteiger partial charge in [0.15, 0.2) is 17.0 Å². The minimum atomic E-state index is 0.286. The van der Waals surface area contributed by atoms with Crippen molar-refractivity contribution in [3.05, 3.63) is 11.6 Å². The number of nitrogens with one attached hydrogen (secondary N) is 1. The number of imidazole rings is 1. The van der Waals surface area contributed by atoms with Gasteiger partial charge in [0, 0.05) is 12.6 Å². The number of hydrogen-bond acceptors (Lipinski definition) is 4. The highest BCUT2D eigenvalue weighted by Crippen LogP contribution is 2.25. The molecular formula is C14H20ClN5. The predicted octanol–water partition coefficient (Wildman–Crippen LogP) is 3.63. The van der Waals surface area contributed by atoms with Crippen molar-refractivity contribution < 1.29 is 0 Å². The van der Waals surface area contributed by atoms with Gasteiger partial charge in [-0.25, -0.2) is 4.98 Å². The molecule has 2 aromatic heterocycles. The topological polar surface area (TPSA) is 55.6 Å². The fourth-order valence-electron chi connectivity index (χ4n) is 2.86. The number of aromatic nitrogens is 4. The van der Waals surface area contributed by atoms with Crippen LogP contribution in [-0.4, -0.2) is 25.6 Å². The Balaban J connectivity index is 1.93. The van der Waals surface area contributed by atoms with E-state index in [0.717, 1.165) is 29.9 Å². The number of anilines is 1. The Morgan fingerprint density at radius 1 is 1.30 bits per heavy atom. The van der Waals surface area contributed by atoms with Gasteiger partial charge in [0.1, 0.15) is 0 Å². The first kappa shape index (κ1) is 13.6. The Morgan fingerprint density at radius 3 is 2.85 bits per heavy atom. The average molecular weight is 294 g/mol. The smallest absolute Gasteiger partial charge is 0.226 e. The molecule has 1 aliphatic carbocycles. The van der Waals surface area contributed by atoms with Gasteiger partial charge in [0.25, 0.3) is 0 Å². The van der Waals surface area contributed by atoms with E-state index < -0.39 is 0 Å². The third-order valence-corrected chi connectivity index (χ3v) is 4.02. The molecule has 1 N–H and O–H groups in total. The normalized spacial score (nSPS) is 16.7. The van der Waals surface area contributed by atoms with E-state index in [0.29, 0.717) is 6.04 Å². The van der Waals surface area contributed by atoms with Crippen LogP contribution in [0.15, 0.2) is 6.33 Å². The van der Waals surface area contributed by atoms with E-state index in [1.807, 2.05) is 10.9 Å². The maximum atomic E-state index is 6.07. The van der Waals surface area contributed by atoms with Crippen LogP contribution < -0.4 is 5.32 Å². The molecule has 1 fully saturated rings. The van der Waals surface area contributed by atoms with Crippen LogP contribution in [0.25, 0.3) is 11.2 Å². The highest BCUT2D eigenvalue weighted by molar-refractivity contribution is 6.28. The number of rotatable bonds is 4. The van der Waals surface area contributed by atoms with Crippen molar-refractivity contribution >= 4 is 28.6 Å². The Kier molecular flexibility index (Phi) is 4.05. The zero-order valence-electron chi connectivity index (χ0n) is 11.8. The summed E-state index contributed by atoms with van der Waals surface area (Å²) < 4.78 is 2.04. The van der Waals surface area contributed by atoms with Gasteiger partial charge < -0.3 is 9.88 Å². The van der Waals surface area contributed by atoms with Gasteiger partial charge in [-0.05, 0) is 30.9 Å². The van der Waals surface area contributed by atoms with Crippen LogP contribution in [0, 0.1) is 0 Å². The molecule has 1 saturated carbocycles. The minimum absolute atomic E-state index is 0.286. The van der Waals surface area contributed by atoms with Gasteiger partial charge in [0.05, 0.1) is 6.33 Å². The summed E-state index contributed by atoms with van der Waals surface area (Å²) in [5, 5.41) is 3.79. The van der Waals surface area contributed by atoms with E-state index in [4.69, 9.17) is 11.6 Å². The second kappa shape index (κ2) is 5.95. The molecule has 0 bridgehead atoms. The summed E-state index contributed by atoms with van der Waals surface area (Å²) in [6.45, 7) is 3.03. The monoisotopic (exact) mass is 293 g/mol. The van der Waals surface area contributed by atoms with Crippen molar-refractivity contribution in [2.75, 3.05) is 5.32 Å². The van der Waals surface area contributed by atoms with Crippen molar-refractivity contribution in [3.8, 4) is 0 Å². The summed E-state index contributed by atoms with van der Waals surface area (Å²) in [5.41, 5.74) is 1.65. The number of hydrogen-bond donors (Lipinski definition) is 1. The van der Waals surface area contributed by atoms with Crippen molar-refractivity contribution in [2.24, 2.45) is 0 Å². The standard InChI is InChI=1S/C14H20ClN5/c1-2-8-20-9-16-11-12(18-14(15)19-13(11)20)17-10-6-4-3-5-7-10/h9-10H,2-8H2,1H3,(H,17,18,19). The molecule has 6 heteroatoms. The molecule has 0 saturated heterocycles. The van der Waals surface area contributed by atoms with Crippen molar-refractivity contribution in [3.63, 3.8) is 0 Å². The van der Waals surface area contributed by atoms with Crippen LogP contribution in [0.4, 0.5) is 5.82 Å². The fraction of sp³-hybridized carbons (Fsp3) is 0.643. The second-order valence-corrected chi connectivity index (χ2v) is 5.77. The van der Waals surface area contributed by atoms with E-state index >= 15 is 0 Å². The van der Waals surface area contributed by atoms with Gasteiger partial charge in [-0.15, -0.1) is 0 Å². The number of halogens is 1. The molecule has 0 aromatic carbocycles. The number of nitrogens with zero attached hydrogens (tertiary/aromatic N) is 4. The maximum absolute atomic E-state index is 6.07. The lowest BCUT2D eigenvalue weighted by Crippen LogP contribution is -2.23. The molecule has 2 aromatic rings. The van der Waals surface area contributed by atoms with Gasteiger partial charge >= 0.3 is 0 Å². The number of fused-ring (bicyclic) bond motifs is 1. The lowest BCUT2D eigenvalue weighted by molar-refractivity contribution is 0.462. The molecule has 0 atom stereocenters. The summed E-state index contributed by atoms with van der Waals surface area (Å²) >= 11 is 6.07. The Bertz CT molecular complexity index is 589. The Hall–Kier alpha value is -1.36. The first-order valence-electron chi connectivity index (χ1n) is 7.43. The largest absolute Gasteiger partial charge is 0.365 e. The molecule has 5 nitrogen and oxygen atoms in total. The highest BCUT2D eigenvalue weighted by atomic mass is 35.5. The maximum Gasteiger partial charge on any atom is 0.226 e. The second-order valence-electron chi connectivity index (χ2n) is 5.43. The van der Waals surface area contributed by atoms with Gasteiger partial charge in [0.2, 0.25) is 5.28 Å². The summed E-state index contributed by atoms with van der Waals surface area (Å²) in [6, 6.07) is 0.481. The summed E-state index contributed by atoms with van der Waals surface area (Å²) in [7, 11) is 0. The lowest BCUT2D eigenvalue weighted by Gasteiger charge is -2.23. The molecule has 0 spiro atoms. The molecule has 3 rings (SSSR count). The summed E-state index contributed by atoms with van der Waals surface area (Å²) in [6.07, 6.45) is 9.15. The fourth-order valence-corrected chi connectivity index (χ4v) is 3.03. The molecule has 20 heavy (non-hydrogen) atoms. The third kappa shape index (κ3) is 2.73. The highest BCUT2D eigenvalue weighted by Gasteiger charge is 2.18. The van der Waals surface area contributed by atoms with Crippen molar-refractivity contribution in [1.82, 2.24) is 19.5 Å². The quantitative estimate of drug-likeness (QED) is 0.875. The van der Waals surface area contributed by atoms with E-state index in [-0.39, 0.29) is 5.28 Å². The molecule has 0 unspecified atom stereocenters. The lowest BCUT2D eigenvalue weighted by atomic mass is 9.95. The molecule has 0 radical (unpaired) electrons. The molecule has 2 heterocycles. The summed E-state index contributed by atoms with van der Waals surface area (Å²) in [5.74, 6) is 0.779. The zero-order chi connectivity index (χ0) is 13.9. The van der Waals surface area contributed by atoms with Crippen LogP contribution in [0.1, 0.15) is 45.4 Å². The molecule has 0 amide bonds. The predicted molar refractivity (Wildman–Crippen MR) is 81.1 cm³/mol. The van der Waals surface area contributed by atoms with Crippen LogP contribution in [0.5, 0.6) is 0 Å². The van der Waals surface area contributed by atoms with Crippen molar-refractivity contribution in [1.29, 1.82) is 0 Å². The van der Waals surface area contributed by atoms with Gasteiger partial charge in [-0.1, -0.05) is 26.2 Å². The molecule has 0 aliphatic heterocycles. The molecule has 1 aliphatic rings. The average Bonchev–Trinajstić information content (AvgIpc) is 2.84. The van der Waals surface area contributed by atoms with E-state index in [1.54, 1.807) is 0 Å². The van der Waals surface area contributed by atoms with E-state index in [1.165, 1.54) is 32.1 Å². The van der Waals surface area contributed by atoms with Crippen LogP contribution >= 0.6 is 11.6 Å². The first-order chi connectivity index (χ1) is 9.78. The zero-order valence-corrected chi connectivity index (χ0v) is 12.5. The van der Waals surface area contributed by atoms with Crippen LogP contribution in [0.3, 0.4) is 0 Å². The minimum Gasteiger partial charge on any atom is -0.365 e. The summed E-state index contributed by atoms with van der Waals surface area (Å²) in [4.78, 5) is 13.1. The van der Waals surface area contributed by atoms with Crippen LogP contribution in [0.2, 0.25) is 5.28 Å². The van der Waals surface area contributed by atoms with Crippen LogP contribution in [-0.2, 0) is 6.54 Å². The van der Waals surface area contributed by atoms with E-state index in [2.05, 4.69) is 27.2 Å². The third-order valence-electron chi connectivity index (χ3n) is 3.85. The van der Waals surface area contributed by atoms with Gasteiger partial charge in [-0.3, -0.25) is 0 Å².